The van der Waals surface area contributed by atoms with Crippen molar-refractivity contribution in [1.82, 2.24) is 15.1 Å². The average Bonchev–Trinajstić information content (AvgIpc) is 2.97. The van der Waals surface area contributed by atoms with E-state index in [4.69, 9.17) is 4.74 Å². The number of hydrogen-bond acceptors (Lipinski definition) is 6. The zero-order chi connectivity index (χ0) is 30.6. The lowest BCUT2D eigenvalue weighted by atomic mass is 9.81. The Labute approximate surface area is 268 Å². The number of likely N-dealkylation sites (tertiary alicyclic amines) is 1. The number of piperidine rings is 1. The summed E-state index contributed by atoms with van der Waals surface area (Å²) in [5, 5.41) is 3.15. The topological polar surface area (TPSA) is 108 Å². The van der Waals surface area contributed by atoms with Crippen LogP contribution in [0, 0.1) is 11.8 Å². The number of halogens is 1. The zero-order valence-electron chi connectivity index (χ0n) is 26.0. The maximum absolute atomic E-state index is 13.6. The van der Waals surface area contributed by atoms with Gasteiger partial charge in [0.15, 0.2) is 0 Å². The number of ether oxygens (including phenoxy) is 1. The van der Waals surface area contributed by atoms with Crippen molar-refractivity contribution < 1.29 is 22.7 Å². The molecule has 2 amide bonds. The number of rotatable bonds is 10. The Hall–Kier alpha value is -2.82. The van der Waals surface area contributed by atoms with Gasteiger partial charge >= 0.3 is 0 Å². The minimum absolute atomic E-state index is 0. The molecule has 0 bridgehead atoms. The van der Waals surface area contributed by atoms with Gasteiger partial charge in [-0.05, 0) is 100.0 Å². The summed E-state index contributed by atoms with van der Waals surface area (Å²) in [6.07, 6.45) is 9.74. The summed E-state index contributed by atoms with van der Waals surface area (Å²) in [4.78, 5) is 31.4. The number of carbonyl (C=O) groups excluding carboxylic acids is 2. The molecule has 2 atom stereocenters. The molecule has 11 heteroatoms. The lowest BCUT2D eigenvalue weighted by molar-refractivity contribution is -0.155. The molecule has 2 N–H and O–H groups in total. The van der Waals surface area contributed by atoms with Crippen molar-refractivity contribution in [3.8, 4) is 11.5 Å². The number of anilines is 1. The van der Waals surface area contributed by atoms with Crippen LogP contribution in [0.15, 0.2) is 48.5 Å². The van der Waals surface area contributed by atoms with Crippen LogP contribution in [0.2, 0.25) is 0 Å². The Kier molecular flexibility index (Phi) is 11.6. The van der Waals surface area contributed by atoms with Crippen molar-refractivity contribution in [2.75, 3.05) is 24.1 Å². The van der Waals surface area contributed by atoms with Gasteiger partial charge in [0.05, 0.1) is 6.26 Å². The van der Waals surface area contributed by atoms with Crippen LogP contribution in [-0.2, 0) is 26.2 Å². The van der Waals surface area contributed by atoms with Gasteiger partial charge in [-0.2, -0.15) is 0 Å². The molecule has 44 heavy (non-hydrogen) atoms. The third kappa shape index (κ3) is 8.88. The number of hydrogen-bond donors (Lipinski definition) is 2. The van der Waals surface area contributed by atoms with Crippen LogP contribution < -0.4 is 14.8 Å². The first-order valence-electron chi connectivity index (χ1n) is 15.8. The van der Waals surface area contributed by atoms with Crippen molar-refractivity contribution >= 4 is 39.9 Å². The Morgan fingerprint density at radius 1 is 0.909 bits per heavy atom. The Bertz CT molecular complexity index is 1360. The molecular formula is C33H47ClN4O5S. The summed E-state index contributed by atoms with van der Waals surface area (Å²) >= 11 is 0. The smallest absolute Gasteiger partial charge is 0.246 e. The van der Waals surface area contributed by atoms with E-state index in [2.05, 4.69) is 27.1 Å². The van der Waals surface area contributed by atoms with Gasteiger partial charge in [0.1, 0.15) is 23.6 Å². The summed E-state index contributed by atoms with van der Waals surface area (Å²) < 4.78 is 31.2. The van der Waals surface area contributed by atoms with Crippen LogP contribution in [0.3, 0.4) is 0 Å². The minimum Gasteiger partial charge on any atom is -0.457 e. The van der Waals surface area contributed by atoms with Crippen LogP contribution >= 0.6 is 12.4 Å². The molecule has 2 saturated heterocycles. The molecule has 5 rings (SSSR count). The molecule has 3 fully saturated rings. The van der Waals surface area contributed by atoms with Crippen LogP contribution in [0.5, 0.6) is 11.5 Å². The van der Waals surface area contributed by atoms with E-state index in [0.717, 1.165) is 45.2 Å². The molecule has 2 heterocycles. The number of piperazine rings is 1. The van der Waals surface area contributed by atoms with Crippen LogP contribution in [0.4, 0.5) is 5.69 Å². The summed E-state index contributed by atoms with van der Waals surface area (Å²) in [6, 6.07) is 14.0. The molecule has 0 unspecified atom stereocenters. The number of sulfonamides is 1. The van der Waals surface area contributed by atoms with Crippen LogP contribution in [0.25, 0.3) is 0 Å². The van der Waals surface area contributed by atoms with Crippen LogP contribution in [-0.4, -0.2) is 67.5 Å². The van der Waals surface area contributed by atoms with Crippen molar-refractivity contribution in [3.05, 3.63) is 54.1 Å². The van der Waals surface area contributed by atoms with Crippen molar-refractivity contribution in [2.45, 2.75) is 89.9 Å². The molecule has 0 spiro atoms. The van der Waals surface area contributed by atoms with E-state index in [-0.39, 0.29) is 48.3 Å². The third-order valence-electron chi connectivity index (χ3n) is 9.09. The summed E-state index contributed by atoms with van der Waals surface area (Å²) in [5.41, 5.74) is 1.67. The van der Waals surface area contributed by atoms with Gasteiger partial charge < -0.3 is 15.0 Å². The first kappa shape index (κ1) is 34.1. The maximum Gasteiger partial charge on any atom is 0.246 e. The van der Waals surface area contributed by atoms with E-state index < -0.39 is 10.0 Å². The van der Waals surface area contributed by atoms with E-state index in [1.54, 1.807) is 24.3 Å². The second kappa shape index (κ2) is 15.0. The predicted octanol–water partition coefficient (Wildman–Crippen LogP) is 5.56. The highest BCUT2D eigenvalue weighted by molar-refractivity contribution is 7.92. The highest BCUT2D eigenvalue weighted by Crippen LogP contribution is 2.33. The van der Waals surface area contributed by atoms with E-state index in [1.165, 1.54) is 37.7 Å². The highest BCUT2D eigenvalue weighted by atomic mass is 35.5. The molecule has 3 aliphatic rings. The molecule has 9 nitrogen and oxygen atoms in total. The Morgan fingerprint density at radius 3 is 2.07 bits per heavy atom. The highest BCUT2D eigenvalue weighted by Gasteiger charge is 2.46. The summed E-state index contributed by atoms with van der Waals surface area (Å²) in [5.74, 6) is 2.16. The van der Waals surface area contributed by atoms with Crippen molar-refractivity contribution in [1.29, 1.82) is 0 Å². The van der Waals surface area contributed by atoms with E-state index in [1.807, 2.05) is 30.9 Å². The second-order valence-corrected chi connectivity index (χ2v) is 14.6. The van der Waals surface area contributed by atoms with Crippen molar-refractivity contribution in [2.24, 2.45) is 11.8 Å². The normalized spacial score (nSPS) is 22.4. The van der Waals surface area contributed by atoms with E-state index in [0.29, 0.717) is 23.1 Å². The molecular weight excluding hydrogens is 600 g/mol. The van der Waals surface area contributed by atoms with Gasteiger partial charge in [-0.15, -0.1) is 12.4 Å². The minimum atomic E-state index is -3.32. The number of amides is 2. The molecule has 2 aromatic carbocycles. The van der Waals surface area contributed by atoms with E-state index >= 15 is 0 Å². The zero-order valence-corrected chi connectivity index (χ0v) is 27.7. The molecule has 2 aromatic rings. The Morgan fingerprint density at radius 2 is 1.50 bits per heavy atom. The number of nitrogens with zero attached hydrogens (tertiary/aromatic N) is 2. The predicted molar refractivity (Wildman–Crippen MR) is 176 cm³/mol. The monoisotopic (exact) mass is 646 g/mol. The fourth-order valence-corrected chi connectivity index (χ4v) is 7.55. The number of benzene rings is 2. The SMILES string of the molecule is CC(C)N1C(=O)[C@H](CC2CCCCC2)NC(=O)[C@@H]1C1CCN(Cc2ccc(Oc3ccc(NS(C)(=O)=O)cc3)cc2)CC1.Cl. The number of carbonyl (C=O) groups is 2. The van der Waals surface area contributed by atoms with Gasteiger partial charge in [0.25, 0.3) is 0 Å². The lowest BCUT2D eigenvalue weighted by Gasteiger charge is -2.47. The van der Waals surface area contributed by atoms with Crippen molar-refractivity contribution in [3.63, 3.8) is 0 Å². The van der Waals surface area contributed by atoms with Gasteiger partial charge in [-0.3, -0.25) is 19.2 Å². The first-order valence-corrected chi connectivity index (χ1v) is 17.6. The fourth-order valence-electron chi connectivity index (χ4n) is 6.98. The summed E-state index contributed by atoms with van der Waals surface area (Å²) in [6.45, 7) is 6.65. The molecule has 242 valence electrons. The number of nitrogens with one attached hydrogen (secondary N) is 2. The van der Waals surface area contributed by atoms with Gasteiger partial charge in [0, 0.05) is 18.3 Å². The summed E-state index contributed by atoms with van der Waals surface area (Å²) in [7, 11) is -3.32. The van der Waals surface area contributed by atoms with Crippen LogP contribution in [0.1, 0.15) is 70.8 Å². The molecule has 1 aliphatic carbocycles. The molecule has 1 saturated carbocycles. The fraction of sp³-hybridized carbons (Fsp3) is 0.576. The molecule has 2 aliphatic heterocycles. The maximum atomic E-state index is 13.6. The Balaban J connectivity index is 0.00000442. The first-order chi connectivity index (χ1) is 20.6. The average molecular weight is 647 g/mol. The van der Waals surface area contributed by atoms with E-state index in [9.17, 15) is 18.0 Å². The largest absolute Gasteiger partial charge is 0.457 e. The third-order valence-corrected chi connectivity index (χ3v) is 9.70. The standard InChI is InChI=1S/C33H46N4O5S.ClH/c1-23(2)37-31(32(38)34-30(33(37)39)21-24-7-5-4-6-8-24)26-17-19-36(20-18-26)22-25-9-13-28(14-10-25)42-29-15-11-27(12-16-29)35-43(3,40)41;/h9-16,23-24,26,30-31,35H,4-8,17-22H2,1-3H3,(H,34,38);1H/t30-,31-;/m0./s1. The quantitative estimate of drug-likeness (QED) is 0.350. The lowest BCUT2D eigenvalue weighted by Crippen LogP contribution is -2.67. The second-order valence-electron chi connectivity index (χ2n) is 12.8. The molecule has 0 aromatic heterocycles. The molecule has 0 radical (unpaired) electrons. The van der Waals surface area contributed by atoms with Gasteiger partial charge in [-0.25, -0.2) is 8.42 Å². The van der Waals surface area contributed by atoms with Gasteiger partial charge in [-0.1, -0.05) is 44.2 Å². The van der Waals surface area contributed by atoms with Gasteiger partial charge in [0.2, 0.25) is 21.8 Å².